The zero-order valence-corrected chi connectivity index (χ0v) is 18.2. The number of carbonyl (C=O) groups is 3. The van der Waals surface area contributed by atoms with Crippen molar-refractivity contribution in [1.29, 1.82) is 0 Å². The van der Waals surface area contributed by atoms with Gasteiger partial charge in [-0.25, -0.2) is 0 Å². The number of amides is 3. The number of carbonyl (C=O) groups excluding carboxylic acids is 3. The second-order valence-electron chi connectivity index (χ2n) is 7.82. The molecule has 2 aromatic carbocycles. The van der Waals surface area contributed by atoms with Crippen molar-refractivity contribution in [3.8, 4) is 22.6 Å². The summed E-state index contributed by atoms with van der Waals surface area (Å²) >= 11 is 0. The summed E-state index contributed by atoms with van der Waals surface area (Å²) in [6, 6.07) is 9.90. The maximum Gasteiger partial charge on any atom is 0.256 e. The summed E-state index contributed by atoms with van der Waals surface area (Å²) < 4.78 is 10.8. The number of ether oxygens (including phenoxy) is 2. The zero-order chi connectivity index (χ0) is 22.8. The standard InChI is InChI=1S/C23H26N4O5/c1-24-11-21(28)25-14-9-19-22(29)26-18-7-4-13(8-17(18)23(30)27(19)12-14)16-6-5-15(31-2)10-20(16)32-3/h4-8,10,14,19,24H,9,11-12H2,1-3H3,(H,25,28)(H,26,29)/t14-,19-/m0/s1. The molecule has 4 rings (SSSR count). The highest BCUT2D eigenvalue weighted by Gasteiger charge is 2.43. The van der Waals surface area contributed by atoms with Crippen molar-refractivity contribution in [2.45, 2.75) is 18.5 Å². The van der Waals surface area contributed by atoms with Gasteiger partial charge in [-0.2, -0.15) is 0 Å². The molecule has 32 heavy (non-hydrogen) atoms. The van der Waals surface area contributed by atoms with Crippen LogP contribution in [0.3, 0.4) is 0 Å². The normalized spacial score (nSPS) is 19.5. The number of nitrogens with one attached hydrogen (secondary N) is 3. The Balaban J connectivity index is 1.65. The van der Waals surface area contributed by atoms with E-state index >= 15 is 0 Å². The minimum absolute atomic E-state index is 0.169. The molecule has 0 aliphatic carbocycles. The van der Waals surface area contributed by atoms with E-state index in [1.165, 1.54) is 0 Å². The number of methoxy groups -OCH3 is 2. The molecule has 9 heteroatoms. The number of nitrogens with zero attached hydrogens (tertiary/aromatic N) is 1. The molecule has 0 aromatic heterocycles. The topological polar surface area (TPSA) is 109 Å². The first-order chi connectivity index (χ1) is 15.4. The molecule has 2 heterocycles. The van der Waals surface area contributed by atoms with E-state index in [-0.39, 0.29) is 36.9 Å². The Morgan fingerprint density at radius 3 is 2.66 bits per heavy atom. The first-order valence-corrected chi connectivity index (χ1v) is 10.4. The van der Waals surface area contributed by atoms with Crippen LogP contribution in [0.1, 0.15) is 16.8 Å². The first-order valence-electron chi connectivity index (χ1n) is 10.4. The third-order valence-electron chi connectivity index (χ3n) is 5.79. The summed E-state index contributed by atoms with van der Waals surface area (Å²) in [5.41, 5.74) is 2.46. The number of fused-ring (bicyclic) bond motifs is 2. The molecule has 1 fully saturated rings. The van der Waals surface area contributed by atoms with Crippen LogP contribution >= 0.6 is 0 Å². The highest BCUT2D eigenvalue weighted by atomic mass is 16.5. The lowest BCUT2D eigenvalue weighted by molar-refractivity contribution is -0.121. The molecule has 3 N–H and O–H groups in total. The average molecular weight is 438 g/mol. The maximum atomic E-state index is 13.4. The number of hydrogen-bond donors (Lipinski definition) is 3. The van der Waals surface area contributed by atoms with Gasteiger partial charge in [0.05, 0.1) is 32.0 Å². The van der Waals surface area contributed by atoms with Crippen LogP contribution in [0.15, 0.2) is 36.4 Å². The summed E-state index contributed by atoms with van der Waals surface area (Å²) in [6.45, 7) is 0.457. The molecule has 2 atom stereocenters. The van der Waals surface area contributed by atoms with Gasteiger partial charge < -0.3 is 30.3 Å². The molecule has 0 spiro atoms. The molecule has 0 unspecified atom stereocenters. The molecule has 1 saturated heterocycles. The lowest BCUT2D eigenvalue weighted by atomic mass is 10.00. The average Bonchev–Trinajstić information content (AvgIpc) is 3.18. The molecule has 0 saturated carbocycles. The molecule has 0 bridgehead atoms. The zero-order valence-electron chi connectivity index (χ0n) is 18.2. The molecular formula is C23H26N4O5. The van der Waals surface area contributed by atoms with Crippen molar-refractivity contribution in [1.82, 2.24) is 15.5 Å². The summed E-state index contributed by atoms with van der Waals surface area (Å²) in [7, 11) is 4.84. The molecular weight excluding hydrogens is 412 g/mol. The van der Waals surface area contributed by atoms with E-state index < -0.39 is 6.04 Å². The minimum Gasteiger partial charge on any atom is -0.497 e. The van der Waals surface area contributed by atoms with Crippen LogP contribution in [0.5, 0.6) is 11.5 Å². The lowest BCUT2D eigenvalue weighted by Crippen LogP contribution is -2.42. The summed E-state index contributed by atoms with van der Waals surface area (Å²) in [6.07, 6.45) is 0.375. The van der Waals surface area contributed by atoms with E-state index in [1.807, 2.05) is 18.2 Å². The Hall–Kier alpha value is -3.59. The SMILES string of the molecule is CNCC(=O)N[C@H]1C[C@H]2C(=O)Nc3ccc(-c4ccc(OC)cc4OC)cc3C(=O)N2C1. The minimum atomic E-state index is -0.631. The van der Waals surface area contributed by atoms with Gasteiger partial charge in [0.15, 0.2) is 0 Å². The van der Waals surface area contributed by atoms with Crippen LogP contribution in [-0.4, -0.2) is 69.1 Å². The highest BCUT2D eigenvalue weighted by molar-refractivity contribution is 6.11. The predicted molar refractivity (Wildman–Crippen MR) is 119 cm³/mol. The fraction of sp³-hybridized carbons (Fsp3) is 0.348. The van der Waals surface area contributed by atoms with Crippen LogP contribution in [-0.2, 0) is 9.59 Å². The van der Waals surface area contributed by atoms with Crippen molar-refractivity contribution < 1.29 is 23.9 Å². The van der Waals surface area contributed by atoms with Gasteiger partial charge in [0.1, 0.15) is 17.5 Å². The fourth-order valence-electron chi connectivity index (χ4n) is 4.26. The second-order valence-corrected chi connectivity index (χ2v) is 7.82. The third-order valence-corrected chi connectivity index (χ3v) is 5.79. The van der Waals surface area contributed by atoms with Gasteiger partial charge in [0.2, 0.25) is 11.8 Å². The number of likely N-dealkylation sites (N-methyl/N-ethyl adjacent to an activating group) is 1. The van der Waals surface area contributed by atoms with Gasteiger partial charge in [-0.1, -0.05) is 6.07 Å². The quantitative estimate of drug-likeness (QED) is 0.626. The van der Waals surface area contributed by atoms with Gasteiger partial charge in [-0.05, 0) is 43.3 Å². The Bertz CT molecular complexity index is 1070. The maximum absolute atomic E-state index is 13.4. The Morgan fingerprint density at radius 1 is 1.12 bits per heavy atom. The van der Waals surface area contributed by atoms with E-state index in [9.17, 15) is 14.4 Å². The van der Waals surface area contributed by atoms with E-state index in [4.69, 9.17) is 9.47 Å². The molecule has 2 aliphatic heterocycles. The molecule has 9 nitrogen and oxygen atoms in total. The monoisotopic (exact) mass is 438 g/mol. The molecule has 2 aliphatic rings. The van der Waals surface area contributed by atoms with E-state index in [2.05, 4.69) is 16.0 Å². The number of benzene rings is 2. The second kappa shape index (κ2) is 8.88. The third kappa shape index (κ3) is 3.99. The highest BCUT2D eigenvalue weighted by Crippen LogP contribution is 2.37. The number of hydrogen-bond acceptors (Lipinski definition) is 6. The lowest BCUT2D eigenvalue weighted by Gasteiger charge is -2.20. The van der Waals surface area contributed by atoms with E-state index in [0.717, 1.165) is 11.1 Å². The number of anilines is 1. The van der Waals surface area contributed by atoms with E-state index in [0.29, 0.717) is 29.2 Å². The summed E-state index contributed by atoms with van der Waals surface area (Å²) in [5, 5.41) is 8.55. The predicted octanol–water partition coefficient (Wildman–Crippen LogP) is 1.24. The fourth-order valence-corrected chi connectivity index (χ4v) is 4.26. The smallest absolute Gasteiger partial charge is 0.256 e. The van der Waals surface area contributed by atoms with Crippen molar-refractivity contribution in [3.63, 3.8) is 0 Å². The van der Waals surface area contributed by atoms with Crippen LogP contribution in [0.2, 0.25) is 0 Å². The van der Waals surface area contributed by atoms with Crippen molar-refractivity contribution in [3.05, 3.63) is 42.0 Å². The van der Waals surface area contributed by atoms with Gasteiger partial charge in [-0.15, -0.1) is 0 Å². The molecule has 168 valence electrons. The molecule has 2 aromatic rings. The van der Waals surface area contributed by atoms with Gasteiger partial charge in [-0.3, -0.25) is 14.4 Å². The van der Waals surface area contributed by atoms with Crippen LogP contribution in [0, 0.1) is 0 Å². The summed E-state index contributed by atoms with van der Waals surface area (Å²) in [4.78, 5) is 39.7. The number of rotatable bonds is 6. The van der Waals surface area contributed by atoms with Gasteiger partial charge in [0, 0.05) is 24.2 Å². The van der Waals surface area contributed by atoms with Crippen LogP contribution in [0.25, 0.3) is 11.1 Å². The van der Waals surface area contributed by atoms with Crippen LogP contribution in [0.4, 0.5) is 5.69 Å². The molecule has 3 amide bonds. The van der Waals surface area contributed by atoms with Crippen molar-refractivity contribution in [2.24, 2.45) is 0 Å². The Morgan fingerprint density at radius 2 is 1.94 bits per heavy atom. The van der Waals surface area contributed by atoms with Gasteiger partial charge >= 0.3 is 0 Å². The Labute approximate surface area is 186 Å². The molecule has 0 radical (unpaired) electrons. The van der Waals surface area contributed by atoms with E-state index in [1.54, 1.807) is 44.4 Å². The van der Waals surface area contributed by atoms with Crippen molar-refractivity contribution >= 4 is 23.4 Å². The Kier molecular flexibility index (Phi) is 6.00. The summed E-state index contributed by atoms with van der Waals surface area (Å²) in [5.74, 6) is 0.605. The first kappa shape index (κ1) is 21.6. The van der Waals surface area contributed by atoms with Crippen LogP contribution < -0.4 is 25.4 Å². The largest absolute Gasteiger partial charge is 0.497 e. The van der Waals surface area contributed by atoms with Crippen molar-refractivity contribution in [2.75, 3.05) is 39.7 Å². The van der Waals surface area contributed by atoms with Gasteiger partial charge in [0.25, 0.3) is 5.91 Å².